The third kappa shape index (κ3) is 2.74. The van der Waals surface area contributed by atoms with E-state index in [2.05, 4.69) is 0 Å². The zero-order valence-electron chi connectivity index (χ0n) is 8.25. The highest BCUT2D eigenvalue weighted by molar-refractivity contribution is 5.37. The number of hydrogen-bond acceptors (Lipinski definition) is 2. The highest BCUT2D eigenvalue weighted by Crippen LogP contribution is 2.18. The average molecular weight is 193 g/mol. The standard InChI is InChI=1S/C11H12FNO/c1-8(2)7-14-11-5-9(6-13)3-4-10(11)12/h3-5,8H,7H2,1-2H3. The highest BCUT2D eigenvalue weighted by Gasteiger charge is 2.05. The van der Waals surface area contributed by atoms with Gasteiger partial charge in [-0.3, -0.25) is 0 Å². The van der Waals surface area contributed by atoms with Crippen molar-refractivity contribution < 1.29 is 9.13 Å². The average Bonchev–Trinajstić information content (AvgIpc) is 2.16. The van der Waals surface area contributed by atoms with Crippen LogP contribution in [0, 0.1) is 23.1 Å². The third-order valence-electron chi connectivity index (χ3n) is 1.63. The van der Waals surface area contributed by atoms with Crippen LogP contribution in [-0.2, 0) is 0 Å². The second-order valence-electron chi connectivity index (χ2n) is 3.46. The molecule has 0 N–H and O–H groups in total. The van der Waals surface area contributed by atoms with Gasteiger partial charge in [-0.15, -0.1) is 0 Å². The van der Waals surface area contributed by atoms with Crippen LogP contribution < -0.4 is 4.74 Å². The largest absolute Gasteiger partial charge is 0.490 e. The van der Waals surface area contributed by atoms with Gasteiger partial charge in [0.2, 0.25) is 0 Å². The minimum Gasteiger partial charge on any atom is -0.490 e. The van der Waals surface area contributed by atoms with Gasteiger partial charge in [-0.05, 0) is 18.1 Å². The van der Waals surface area contributed by atoms with Gasteiger partial charge < -0.3 is 4.74 Å². The topological polar surface area (TPSA) is 33.0 Å². The molecule has 0 aromatic heterocycles. The Bertz CT molecular complexity index is 355. The minimum atomic E-state index is -0.426. The van der Waals surface area contributed by atoms with Crippen LogP contribution in [0.2, 0.25) is 0 Å². The lowest BCUT2D eigenvalue weighted by atomic mass is 10.2. The van der Waals surface area contributed by atoms with Gasteiger partial charge in [-0.1, -0.05) is 13.8 Å². The number of hydrogen-bond donors (Lipinski definition) is 0. The molecule has 1 aromatic rings. The van der Waals surface area contributed by atoms with Crippen LogP contribution in [0.1, 0.15) is 19.4 Å². The lowest BCUT2D eigenvalue weighted by Gasteiger charge is -2.09. The van der Waals surface area contributed by atoms with E-state index < -0.39 is 5.82 Å². The third-order valence-corrected chi connectivity index (χ3v) is 1.63. The first-order valence-electron chi connectivity index (χ1n) is 4.46. The molecule has 0 aliphatic carbocycles. The Kier molecular flexibility index (Phi) is 3.47. The van der Waals surface area contributed by atoms with Crippen molar-refractivity contribution in [1.29, 1.82) is 5.26 Å². The molecule has 0 fully saturated rings. The van der Waals surface area contributed by atoms with E-state index in [0.717, 1.165) is 0 Å². The monoisotopic (exact) mass is 193 g/mol. The van der Waals surface area contributed by atoms with Crippen molar-refractivity contribution >= 4 is 0 Å². The summed E-state index contributed by atoms with van der Waals surface area (Å²) in [7, 11) is 0. The Morgan fingerprint density at radius 2 is 2.21 bits per heavy atom. The fourth-order valence-electron chi connectivity index (χ4n) is 0.940. The van der Waals surface area contributed by atoms with Crippen LogP contribution in [0.4, 0.5) is 4.39 Å². The van der Waals surface area contributed by atoms with Crippen LogP contribution in [0.5, 0.6) is 5.75 Å². The van der Waals surface area contributed by atoms with Crippen molar-refractivity contribution in [3.8, 4) is 11.8 Å². The van der Waals surface area contributed by atoms with Crippen LogP contribution in [0.15, 0.2) is 18.2 Å². The summed E-state index contributed by atoms with van der Waals surface area (Å²) >= 11 is 0. The first kappa shape index (κ1) is 10.5. The number of rotatable bonds is 3. The fraction of sp³-hybridized carbons (Fsp3) is 0.364. The van der Waals surface area contributed by atoms with Gasteiger partial charge in [0.1, 0.15) is 0 Å². The molecule has 3 heteroatoms. The van der Waals surface area contributed by atoms with Gasteiger partial charge in [0.25, 0.3) is 0 Å². The summed E-state index contributed by atoms with van der Waals surface area (Å²) in [5, 5.41) is 8.60. The molecule has 1 rings (SSSR count). The van der Waals surface area contributed by atoms with Gasteiger partial charge in [0.05, 0.1) is 18.2 Å². The zero-order valence-corrected chi connectivity index (χ0v) is 8.25. The van der Waals surface area contributed by atoms with Crippen molar-refractivity contribution in [2.24, 2.45) is 5.92 Å². The summed E-state index contributed by atoms with van der Waals surface area (Å²) in [5.74, 6) is 0.0579. The molecule has 0 aliphatic rings. The van der Waals surface area contributed by atoms with E-state index in [-0.39, 0.29) is 5.75 Å². The summed E-state index contributed by atoms with van der Waals surface area (Å²) in [6.45, 7) is 4.41. The molecule has 0 saturated heterocycles. The molecule has 0 unspecified atom stereocenters. The highest BCUT2D eigenvalue weighted by atomic mass is 19.1. The van der Waals surface area contributed by atoms with E-state index >= 15 is 0 Å². The van der Waals surface area contributed by atoms with E-state index in [0.29, 0.717) is 18.1 Å². The molecule has 0 atom stereocenters. The maximum Gasteiger partial charge on any atom is 0.165 e. The molecule has 0 saturated carbocycles. The lowest BCUT2D eigenvalue weighted by Crippen LogP contribution is -2.05. The van der Waals surface area contributed by atoms with Gasteiger partial charge in [0, 0.05) is 6.07 Å². The molecule has 1 aromatic carbocycles. The van der Waals surface area contributed by atoms with Crippen molar-refractivity contribution in [1.82, 2.24) is 0 Å². The van der Waals surface area contributed by atoms with E-state index in [9.17, 15) is 4.39 Å². The molecular weight excluding hydrogens is 181 g/mol. The Morgan fingerprint density at radius 1 is 1.50 bits per heavy atom. The van der Waals surface area contributed by atoms with Crippen molar-refractivity contribution in [3.63, 3.8) is 0 Å². The lowest BCUT2D eigenvalue weighted by molar-refractivity contribution is 0.259. The SMILES string of the molecule is CC(C)COc1cc(C#N)ccc1F. The minimum absolute atomic E-state index is 0.151. The number of benzene rings is 1. The maximum atomic E-state index is 13.1. The molecule has 0 bridgehead atoms. The van der Waals surface area contributed by atoms with Crippen LogP contribution in [0.3, 0.4) is 0 Å². The quantitative estimate of drug-likeness (QED) is 0.739. The van der Waals surface area contributed by atoms with Gasteiger partial charge >= 0.3 is 0 Å². The molecule has 0 amide bonds. The first-order valence-corrected chi connectivity index (χ1v) is 4.46. The van der Waals surface area contributed by atoms with Crippen molar-refractivity contribution in [3.05, 3.63) is 29.6 Å². The molecule has 14 heavy (non-hydrogen) atoms. The van der Waals surface area contributed by atoms with Crippen LogP contribution in [0.25, 0.3) is 0 Å². The first-order chi connectivity index (χ1) is 6.63. The van der Waals surface area contributed by atoms with Gasteiger partial charge in [-0.25, -0.2) is 4.39 Å². The Balaban J connectivity index is 2.80. The summed E-state index contributed by atoms with van der Waals surface area (Å²) in [6, 6.07) is 6.02. The summed E-state index contributed by atoms with van der Waals surface area (Å²) < 4.78 is 18.3. The van der Waals surface area contributed by atoms with Crippen LogP contribution >= 0.6 is 0 Å². The molecule has 0 spiro atoms. The number of nitriles is 1. The second-order valence-corrected chi connectivity index (χ2v) is 3.46. The molecular formula is C11H12FNO. The molecule has 0 radical (unpaired) electrons. The van der Waals surface area contributed by atoms with E-state index in [1.165, 1.54) is 18.2 Å². The van der Waals surface area contributed by atoms with Crippen molar-refractivity contribution in [2.45, 2.75) is 13.8 Å². The Hall–Kier alpha value is -1.56. The van der Waals surface area contributed by atoms with E-state index in [1.54, 1.807) is 0 Å². The summed E-state index contributed by atoms with van der Waals surface area (Å²) in [5.41, 5.74) is 0.408. The maximum absolute atomic E-state index is 13.1. The molecule has 2 nitrogen and oxygen atoms in total. The number of nitrogens with zero attached hydrogens (tertiary/aromatic N) is 1. The summed E-state index contributed by atoms with van der Waals surface area (Å²) in [4.78, 5) is 0. The zero-order chi connectivity index (χ0) is 10.6. The van der Waals surface area contributed by atoms with Gasteiger partial charge in [0.15, 0.2) is 11.6 Å². The number of ether oxygens (including phenoxy) is 1. The fourth-order valence-corrected chi connectivity index (χ4v) is 0.940. The predicted octanol–water partition coefficient (Wildman–Crippen LogP) is 2.73. The predicted molar refractivity (Wildman–Crippen MR) is 51.4 cm³/mol. The summed E-state index contributed by atoms with van der Waals surface area (Å²) in [6.07, 6.45) is 0. The normalized spacial score (nSPS) is 9.93. The Labute approximate surface area is 82.9 Å². The van der Waals surface area contributed by atoms with E-state index in [1.807, 2.05) is 19.9 Å². The molecule has 0 heterocycles. The number of halogens is 1. The molecule has 74 valence electrons. The Morgan fingerprint density at radius 3 is 2.79 bits per heavy atom. The second kappa shape index (κ2) is 4.61. The van der Waals surface area contributed by atoms with Crippen molar-refractivity contribution in [2.75, 3.05) is 6.61 Å². The van der Waals surface area contributed by atoms with Gasteiger partial charge in [-0.2, -0.15) is 5.26 Å². The van der Waals surface area contributed by atoms with E-state index in [4.69, 9.17) is 10.00 Å². The molecule has 0 aliphatic heterocycles. The smallest absolute Gasteiger partial charge is 0.165 e. The van der Waals surface area contributed by atoms with Crippen LogP contribution in [-0.4, -0.2) is 6.61 Å².